The van der Waals surface area contributed by atoms with Gasteiger partial charge in [0.15, 0.2) is 0 Å². The summed E-state index contributed by atoms with van der Waals surface area (Å²) in [4.78, 5) is 40.0. The molecule has 1 amide bonds. The lowest BCUT2D eigenvalue weighted by atomic mass is 9.87. The molecule has 2 heterocycles. The maximum absolute atomic E-state index is 12.6. The molecule has 1 aliphatic rings. The van der Waals surface area contributed by atoms with E-state index in [1.54, 1.807) is 18.2 Å². The molecule has 0 fully saturated rings. The van der Waals surface area contributed by atoms with Crippen molar-refractivity contribution in [1.82, 2.24) is 9.55 Å². The van der Waals surface area contributed by atoms with Crippen LogP contribution in [0.4, 0.5) is 5.69 Å². The zero-order chi connectivity index (χ0) is 19.1. The maximum Gasteiger partial charge on any atom is 0.317 e. The average Bonchev–Trinajstić information content (AvgIpc) is 2.62. The molecule has 0 bridgehead atoms. The van der Waals surface area contributed by atoms with E-state index >= 15 is 0 Å². The van der Waals surface area contributed by atoms with Crippen molar-refractivity contribution in [3.05, 3.63) is 73.8 Å². The number of rotatable bonds is 3. The van der Waals surface area contributed by atoms with Gasteiger partial charge in [-0.05, 0) is 42.2 Å². The molecule has 27 heavy (non-hydrogen) atoms. The van der Waals surface area contributed by atoms with Gasteiger partial charge >= 0.3 is 11.1 Å². The van der Waals surface area contributed by atoms with Gasteiger partial charge in [0, 0.05) is 23.2 Å². The Kier molecular flexibility index (Phi) is 4.36. The second kappa shape index (κ2) is 6.70. The lowest BCUT2D eigenvalue weighted by Gasteiger charge is -2.32. The lowest BCUT2D eigenvalue weighted by Crippen LogP contribution is -2.43. The number of amides is 1. The van der Waals surface area contributed by atoms with Crippen molar-refractivity contribution in [1.29, 1.82) is 0 Å². The van der Waals surface area contributed by atoms with Crippen molar-refractivity contribution >= 4 is 34.2 Å². The van der Waals surface area contributed by atoms with Gasteiger partial charge in [0.25, 0.3) is 0 Å². The zero-order valence-electron chi connectivity index (χ0n) is 14.7. The van der Waals surface area contributed by atoms with E-state index in [4.69, 9.17) is 11.6 Å². The molecule has 0 saturated carbocycles. The van der Waals surface area contributed by atoms with E-state index in [1.807, 2.05) is 31.2 Å². The highest BCUT2D eigenvalue weighted by atomic mass is 35.5. The van der Waals surface area contributed by atoms with Crippen molar-refractivity contribution in [3.8, 4) is 0 Å². The van der Waals surface area contributed by atoms with Crippen LogP contribution in [0.25, 0.3) is 11.0 Å². The fourth-order valence-corrected chi connectivity index (χ4v) is 4.09. The smallest absolute Gasteiger partial charge is 0.317 e. The van der Waals surface area contributed by atoms with E-state index in [-0.39, 0.29) is 18.2 Å². The predicted molar refractivity (Wildman–Crippen MR) is 105 cm³/mol. The van der Waals surface area contributed by atoms with Crippen molar-refractivity contribution in [2.24, 2.45) is 5.92 Å². The van der Waals surface area contributed by atoms with Gasteiger partial charge in [-0.2, -0.15) is 0 Å². The number of halogens is 1. The van der Waals surface area contributed by atoms with Gasteiger partial charge in [-0.3, -0.25) is 19.0 Å². The molecule has 0 saturated heterocycles. The number of para-hydroxylation sites is 1. The molecule has 0 spiro atoms. The number of H-pyrrole nitrogens is 1. The number of aromatic nitrogens is 2. The number of aromatic amines is 1. The summed E-state index contributed by atoms with van der Waals surface area (Å²) in [6.45, 7) is 1.98. The van der Waals surface area contributed by atoms with Gasteiger partial charge in [0.05, 0.1) is 11.0 Å². The fraction of sp³-hybridized carbons (Fsp3) is 0.250. The molecule has 3 aromatic rings. The first-order chi connectivity index (χ1) is 12.9. The van der Waals surface area contributed by atoms with E-state index in [0.29, 0.717) is 28.2 Å². The van der Waals surface area contributed by atoms with Crippen molar-refractivity contribution < 1.29 is 4.79 Å². The summed E-state index contributed by atoms with van der Waals surface area (Å²) in [6.07, 6.45) is 0.780. The Morgan fingerprint density at radius 1 is 1.26 bits per heavy atom. The summed E-state index contributed by atoms with van der Waals surface area (Å²) in [5.41, 5.74) is 1.41. The minimum Gasteiger partial charge on any atom is -0.326 e. The van der Waals surface area contributed by atoms with Crippen LogP contribution in [0.3, 0.4) is 0 Å². The fourth-order valence-electron chi connectivity index (χ4n) is 3.85. The summed E-state index contributed by atoms with van der Waals surface area (Å²) in [7, 11) is 0. The number of nitrogens with zero attached hydrogens (tertiary/aromatic N) is 1. The quantitative estimate of drug-likeness (QED) is 0.681. The van der Waals surface area contributed by atoms with E-state index in [9.17, 15) is 14.4 Å². The third-order valence-electron chi connectivity index (χ3n) is 5.04. The summed E-state index contributed by atoms with van der Waals surface area (Å²) in [5.74, 6) is -0.198. The van der Waals surface area contributed by atoms with Gasteiger partial charge in [0.2, 0.25) is 5.91 Å². The van der Waals surface area contributed by atoms with Crippen LogP contribution in [-0.4, -0.2) is 15.5 Å². The molecule has 138 valence electrons. The molecule has 1 aliphatic heterocycles. The first-order valence-corrected chi connectivity index (χ1v) is 9.13. The van der Waals surface area contributed by atoms with Crippen LogP contribution in [0, 0.1) is 5.92 Å². The largest absolute Gasteiger partial charge is 0.326 e. The molecule has 7 heteroatoms. The number of carbonyl (C=O) groups is 1. The van der Waals surface area contributed by atoms with Gasteiger partial charge in [-0.25, -0.2) is 0 Å². The van der Waals surface area contributed by atoms with Crippen molar-refractivity contribution in [3.63, 3.8) is 0 Å². The Bertz CT molecular complexity index is 1150. The van der Waals surface area contributed by atoms with Crippen LogP contribution in [0.2, 0.25) is 5.02 Å². The molecular formula is C20H18ClN3O3. The van der Waals surface area contributed by atoms with E-state index < -0.39 is 17.2 Å². The van der Waals surface area contributed by atoms with Crippen LogP contribution >= 0.6 is 11.6 Å². The number of hydrogen-bond donors (Lipinski definition) is 2. The molecule has 6 nitrogen and oxygen atoms in total. The molecule has 2 aromatic carbocycles. The molecule has 1 aromatic heterocycles. The highest BCUT2D eigenvalue weighted by Gasteiger charge is 2.31. The first-order valence-electron chi connectivity index (χ1n) is 8.76. The Balaban J connectivity index is 1.77. The Hall–Kier alpha value is -2.86. The summed E-state index contributed by atoms with van der Waals surface area (Å²) >= 11 is 6.16. The van der Waals surface area contributed by atoms with Gasteiger partial charge in [-0.1, -0.05) is 36.7 Å². The van der Waals surface area contributed by atoms with Gasteiger partial charge < -0.3 is 10.3 Å². The highest BCUT2D eigenvalue weighted by Crippen LogP contribution is 2.35. The highest BCUT2D eigenvalue weighted by molar-refractivity contribution is 6.31. The molecule has 2 atom stereocenters. The Morgan fingerprint density at radius 3 is 2.74 bits per heavy atom. The number of anilines is 1. The number of nitrogens with one attached hydrogen (secondary N) is 2. The van der Waals surface area contributed by atoms with E-state index in [1.165, 1.54) is 4.57 Å². The van der Waals surface area contributed by atoms with E-state index in [2.05, 4.69) is 10.3 Å². The van der Waals surface area contributed by atoms with Crippen LogP contribution in [0.5, 0.6) is 0 Å². The zero-order valence-corrected chi connectivity index (χ0v) is 15.4. The maximum atomic E-state index is 12.6. The number of hydrogen-bond acceptors (Lipinski definition) is 3. The topological polar surface area (TPSA) is 84.0 Å². The number of carbonyl (C=O) groups excluding carboxylic acids is 1. The van der Waals surface area contributed by atoms with Gasteiger partial charge in [0.1, 0.15) is 0 Å². The number of benzene rings is 2. The van der Waals surface area contributed by atoms with Crippen molar-refractivity contribution in [2.75, 3.05) is 5.32 Å². The van der Waals surface area contributed by atoms with E-state index in [0.717, 1.165) is 5.56 Å². The Labute approximate surface area is 159 Å². The Morgan fingerprint density at radius 2 is 2.00 bits per heavy atom. The van der Waals surface area contributed by atoms with Crippen molar-refractivity contribution in [2.45, 2.75) is 25.8 Å². The molecule has 2 N–H and O–H groups in total. The first kappa shape index (κ1) is 17.5. The molecular weight excluding hydrogens is 366 g/mol. The predicted octanol–water partition coefficient (Wildman–Crippen LogP) is 3.11. The van der Waals surface area contributed by atoms with Crippen LogP contribution in [0.15, 0.2) is 52.1 Å². The van der Waals surface area contributed by atoms with Crippen LogP contribution < -0.4 is 16.4 Å². The molecule has 4 rings (SSSR count). The minimum atomic E-state index is -0.710. The summed E-state index contributed by atoms with van der Waals surface area (Å²) in [5, 5.41) is 3.35. The standard InChI is InChI=1S/C20H18ClN3O3/c1-11-7-12-8-13(21)9-15-18(12)24(20(27)19(26)23-15)16(11)10-17(25)22-14-5-3-2-4-6-14/h2-6,8-9,11,16H,7,10H2,1H3,(H,22,25)(H,23,26)/t11-,16+/m0/s1. The normalized spacial score (nSPS) is 18.4. The summed E-state index contributed by atoms with van der Waals surface area (Å²) < 4.78 is 1.47. The van der Waals surface area contributed by atoms with Crippen LogP contribution in [0.1, 0.15) is 24.9 Å². The average molecular weight is 384 g/mol. The van der Waals surface area contributed by atoms with Gasteiger partial charge in [-0.15, -0.1) is 0 Å². The lowest BCUT2D eigenvalue weighted by molar-refractivity contribution is -0.117. The summed E-state index contributed by atoms with van der Waals surface area (Å²) in [6, 6.07) is 12.2. The minimum absolute atomic E-state index is 0.000176. The monoisotopic (exact) mass is 383 g/mol. The molecule has 0 radical (unpaired) electrons. The van der Waals surface area contributed by atoms with Crippen LogP contribution in [-0.2, 0) is 11.2 Å². The SMILES string of the molecule is C[C@H]1Cc2cc(Cl)cc3[nH]c(=O)c(=O)n(c23)[C@@H]1CC(=O)Nc1ccccc1. The third-order valence-corrected chi connectivity index (χ3v) is 5.26. The molecule has 0 aliphatic carbocycles. The molecule has 0 unspecified atom stereocenters. The second-order valence-corrected chi connectivity index (χ2v) is 7.39. The third kappa shape index (κ3) is 3.17. The second-order valence-electron chi connectivity index (χ2n) is 6.96.